The molecule has 6 nitrogen and oxygen atoms in total. The highest BCUT2D eigenvalue weighted by Gasteiger charge is 2.35. The van der Waals surface area contributed by atoms with Gasteiger partial charge in [0.2, 0.25) is 10.0 Å². The Labute approximate surface area is 144 Å². The minimum Gasteiger partial charge on any atom is -0.220 e. The van der Waals surface area contributed by atoms with E-state index in [4.69, 9.17) is 0 Å². The van der Waals surface area contributed by atoms with Gasteiger partial charge in [0.15, 0.2) is 0 Å². The van der Waals surface area contributed by atoms with E-state index >= 15 is 0 Å². The molecule has 0 amide bonds. The molecule has 1 aromatic carbocycles. The summed E-state index contributed by atoms with van der Waals surface area (Å²) in [4.78, 5) is 0. The molecule has 8 heteroatoms. The number of pyridine rings is 1. The van der Waals surface area contributed by atoms with Crippen LogP contribution in [0.25, 0.3) is 16.6 Å². The van der Waals surface area contributed by atoms with Gasteiger partial charge in [0.1, 0.15) is 11.5 Å². The van der Waals surface area contributed by atoms with E-state index in [-0.39, 0.29) is 11.9 Å². The minimum atomic E-state index is -3.29. The molecule has 3 aromatic rings. The van der Waals surface area contributed by atoms with Gasteiger partial charge in [-0.05, 0) is 36.6 Å². The molecule has 0 aliphatic carbocycles. The van der Waals surface area contributed by atoms with Crippen molar-refractivity contribution >= 4 is 15.5 Å². The first kappa shape index (κ1) is 16.2. The smallest absolute Gasteiger partial charge is 0.211 e. The summed E-state index contributed by atoms with van der Waals surface area (Å²) in [6.45, 7) is 0.504. The van der Waals surface area contributed by atoms with Gasteiger partial charge in [-0.1, -0.05) is 23.4 Å². The van der Waals surface area contributed by atoms with Gasteiger partial charge in [-0.25, -0.2) is 17.3 Å². The second kappa shape index (κ2) is 5.89. The van der Waals surface area contributed by atoms with E-state index in [1.165, 1.54) is 22.7 Å². The molecule has 25 heavy (non-hydrogen) atoms. The highest BCUT2D eigenvalue weighted by molar-refractivity contribution is 7.88. The standard InChI is InChI=1S/C17H17FN4O2S/c1-25(23,24)22-9-3-6-16(22)17-15-8-7-13(11-21(15)20-19-17)12-4-2-5-14(18)10-12/h2,4-5,7-8,10-11,16H,3,6,9H2,1H3. The zero-order valence-electron chi connectivity index (χ0n) is 13.6. The van der Waals surface area contributed by atoms with Crippen LogP contribution in [-0.4, -0.2) is 40.4 Å². The summed E-state index contributed by atoms with van der Waals surface area (Å²) >= 11 is 0. The largest absolute Gasteiger partial charge is 0.220 e. The summed E-state index contributed by atoms with van der Waals surface area (Å²) < 4.78 is 40.5. The quantitative estimate of drug-likeness (QED) is 0.720. The van der Waals surface area contributed by atoms with Crippen molar-refractivity contribution in [1.82, 2.24) is 19.1 Å². The third-order valence-corrected chi connectivity index (χ3v) is 5.83. The van der Waals surface area contributed by atoms with Crippen molar-refractivity contribution in [3.05, 3.63) is 54.1 Å². The predicted octanol–water partition coefficient (Wildman–Crippen LogP) is 2.63. The molecule has 1 fully saturated rings. The van der Waals surface area contributed by atoms with Crippen LogP contribution in [0.1, 0.15) is 24.6 Å². The fraction of sp³-hybridized carbons (Fsp3) is 0.294. The Bertz CT molecular complexity index is 1050. The van der Waals surface area contributed by atoms with Gasteiger partial charge in [0, 0.05) is 18.3 Å². The second-order valence-corrected chi connectivity index (χ2v) is 8.20. The molecule has 0 N–H and O–H groups in total. The van der Waals surface area contributed by atoms with Crippen molar-refractivity contribution in [3.8, 4) is 11.1 Å². The molecule has 0 bridgehead atoms. The zero-order valence-corrected chi connectivity index (χ0v) is 14.4. The van der Waals surface area contributed by atoms with E-state index in [1.807, 2.05) is 18.2 Å². The van der Waals surface area contributed by atoms with Gasteiger partial charge in [-0.3, -0.25) is 0 Å². The number of nitrogens with zero attached hydrogens (tertiary/aromatic N) is 4. The third-order valence-electron chi connectivity index (χ3n) is 4.54. The topological polar surface area (TPSA) is 67.6 Å². The number of halogens is 1. The lowest BCUT2D eigenvalue weighted by atomic mass is 10.1. The van der Waals surface area contributed by atoms with Gasteiger partial charge < -0.3 is 0 Å². The lowest BCUT2D eigenvalue weighted by molar-refractivity contribution is 0.395. The van der Waals surface area contributed by atoms with Crippen LogP contribution in [0.2, 0.25) is 0 Å². The summed E-state index contributed by atoms with van der Waals surface area (Å²) in [5, 5.41) is 8.37. The molecule has 1 atom stereocenters. The summed E-state index contributed by atoms with van der Waals surface area (Å²) in [5.74, 6) is -0.299. The molecule has 0 saturated carbocycles. The molecular formula is C17H17FN4O2S. The Morgan fingerprint density at radius 1 is 1.20 bits per heavy atom. The van der Waals surface area contributed by atoms with Crippen LogP contribution >= 0.6 is 0 Å². The average molecular weight is 360 g/mol. The molecule has 1 saturated heterocycles. The van der Waals surface area contributed by atoms with Crippen LogP contribution < -0.4 is 0 Å². The number of sulfonamides is 1. The van der Waals surface area contributed by atoms with Crippen LogP contribution in [0.5, 0.6) is 0 Å². The fourth-order valence-corrected chi connectivity index (χ4v) is 4.53. The first-order valence-electron chi connectivity index (χ1n) is 8.01. The fourth-order valence-electron chi connectivity index (χ4n) is 3.40. The van der Waals surface area contributed by atoms with Crippen LogP contribution in [0, 0.1) is 5.82 Å². The molecule has 2 aromatic heterocycles. The van der Waals surface area contributed by atoms with E-state index in [0.29, 0.717) is 12.2 Å². The van der Waals surface area contributed by atoms with Crippen LogP contribution in [-0.2, 0) is 10.0 Å². The van der Waals surface area contributed by atoms with E-state index in [2.05, 4.69) is 10.3 Å². The number of aromatic nitrogens is 3. The minimum absolute atomic E-state index is 0.285. The molecule has 1 aliphatic rings. The second-order valence-electron chi connectivity index (χ2n) is 6.26. The lowest BCUT2D eigenvalue weighted by Crippen LogP contribution is -2.29. The Hall–Kier alpha value is -2.32. The summed E-state index contributed by atoms with van der Waals surface area (Å²) in [6, 6.07) is 9.78. The van der Waals surface area contributed by atoms with Gasteiger partial charge >= 0.3 is 0 Å². The number of rotatable bonds is 3. The van der Waals surface area contributed by atoms with Crippen LogP contribution in [0.15, 0.2) is 42.6 Å². The first-order chi connectivity index (χ1) is 11.9. The van der Waals surface area contributed by atoms with Gasteiger partial charge in [0.05, 0.1) is 17.8 Å². The van der Waals surface area contributed by atoms with Crippen molar-refractivity contribution in [2.75, 3.05) is 12.8 Å². The van der Waals surface area contributed by atoms with Crippen molar-refractivity contribution in [2.24, 2.45) is 0 Å². The Morgan fingerprint density at radius 2 is 2.04 bits per heavy atom. The number of benzene rings is 1. The maximum absolute atomic E-state index is 13.4. The summed E-state index contributed by atoms with van der Waals surface area (Å²) in [5.41, 5.74) is 2.99. The molecule has 0 radical (unpaired) electrons. The zero-order chi connectivity index (χ0) is 17.6. The van der Waals surface area contributed by atoms with E-state index in [0.717, 1.165) is 29.5 Å². The molecule has 1 unspecified atom stereocenters. The van der Waals surface area contributed by atoms with Gasteiger partial charge in [-0.15, -0.1) is 5.10 Å². The SMILES string of the molecule is CS(=O)(=O)N1CCCC1c1nnn2cc(-c3cccc(F)c3)ccc12. The Kier molecular flexibility index (Phi) is 3.81. The Balaban J connectivity index is 1.76. The van der Waals surface area contributed by atoms with Crippen molar-refractivity contribution < 1.29 is 12.8 Å². The maximum Gasteiger partial charge on any atom is 0.211 e. The van der Waals surface area contributed by atoms with Crippen molar-refractivity contribution in [3.63, 3.8) is 0 Å². The van der Waals surface area contributed by atoms with Gasteiger partial charge in [0.25, 0.3) is 0 Å². The first-order valence-corrected chi connectivity index (χ1v) is 9.86. The maximum atomic E-state index is 13.4. The predicted molar refractivity (Wildman–Crippen MR) is 91.9 cm³/mol. The highest BCUT2D eigenvalue weighted by atomic mass is 32.2. The monoisotopic (exact) mass is 360 g/mol. The van der Waals surface area contributed by atoms with Crippen LogP contribution in [0.3, 0.4) is 0 Å². The normalized spacial score (nSPS) is 18.9. The molecular weight excluding hydrogens is 343 g/mol. The average Bonchev–Trinajstić information content (AvgIpc) is 3.20. The number of fused-ring (bicyclic) bond motifs is 1. The highest BCUT2D eigenvalue weighted by Crippen LogP contribution is 2.35. The van der Waals surface area contributed by atoms with Crippen molar-refractivity contribution in [2.45, 2.75) is 18.9 Å². The molecule has 0 spiro atoms. The van der Waals surface area contributed by atoms with Crippen LogP contribution in [0.4, 0.5) is 4.39 Å². The third kappa shape index (κ3) is 2.91. The molecule has 1 aliphatic heterocycles. The van der Waals surface area contributed by atoms with Crippen molar-refractivity contribution in [1.29, 1.82) is 0 Å². The molecule has 130 valence electrons. The molecule has 3 heterocycles. The Morgan fingerprint density at radius 3 is 2.80 bits per heavy atom. The van der Waals surface area contributed by atoms with E-state index < -0.39 is 10.0 Å². The van der Waals surface area contributed by atoms with E-state index in [9.17, 15) is 12.8 Å². The summed E-state index contributed by atoms with van der Waals surface area (Å²) in [7, 11) is -3.29. The lowest BCUT2D eigenvalue weighted by Gasteiger charge is -2.20. The number of hydrogen-bond donors (Lipinski definition) is 0. The number of hydrogen-bond acceptors (Lipinski definition) is 4. The van der Waals surface area contributed by atoms with E-state index in [1.54, 1.807) is 16.8 Å². The van der Waals surface area contributed by atoms with Gasteiger partial charge in [-0.2, -0.15) is 4.31 Å². The molecule has 4 rings (SSSR count). The summed E-state index contributed by atoms with van der Waals surface area (Å²) in [6.07, 6.45) is 4.53.